The second kappa shape index (κ2) is 5.80. The highest BCUT2D eigenvalue weighted by Crippen LogP contribution is 2.35. The Morgan fingerprint density at radius 1 is 0.920 bits per heavy atom. The van der Waals surface area contributed by atoms with Crippen LogP contribution in [0.5, 0.6) is 0 Å². The van der Waals surface area contributed by atoms with Crippen molar-refractivity contribution in [1.29, 1.82) is 0 Å². The molecule has 0 unspecified atom stereocenters. The average molecular weight is 369 g/mol. The number of H-pyrrole nitrogens is 1. The predicted octanol–water partition coefficient (Wildman–Crippen LogP) is 5.70. The zero-order chi connectivity index (χ0) is 17.7. The lowest BCUT2D eigenvalue weighted by molar-refractivity contribution is 0.100. The van der Waals surface area contributed by atoms with Crippen molar-refractivity contribution in [2.45, 2.75) is 6.92 Å². The Labute approximate surface area is 154 Å². The molecule has 0 aliphatic heterocycles. The molecule has 3 aromatic carbocycles. The molecule has 5 heteroatoms. The minimum Gasteiger partial charge on any atom is -0.366 e. The van der Waals surface area contributed by atoms with Gasteiger partial charge in [0.1, 0.15) is 0 Å². The lowest BCUT2D eigenvalue weighted by atomic mass is 9.98. The van der Waals surface area contributed by atoms with Crippen LogP contribution in [0.4, 0.5) is 0 Å². The molecular weight excluding hydrogens is 355 g/mol. The van der Waals surface area contributed by atoms with Crippen LogP contribution >= 0.6 is 23.2 Å². The van der Waals surface area contributed by atoms with Crippen molar-refractivity contribution in [3.8, 4) is 11.1 Å². The van der Waals surface area contributed by atoms with Crippen LogP contribution in [-0.2, 0) is 0 Å². The number of nitrogens with one attached hydrogen (secondary N) is 1. The third-order valence-electron chi connectivity index (χ3n) is 4.38. The molecule has 1 amide bonds. The third-order valence-corrected chi connectivity index (χ3v) is 5.12. The molecule has 4 rings (SSSR count). The van der Waals surface area contributed by atoms with E-state index in [1.807, 2.05) is 31.2 Å². The molecule has 3 nitrogen and oxygen atoms in total. The number of rotatable bonds is 2. The van der Waals surface area contributed by atoms with Gasteiger partial charge in [-0.25, -0.2) is 0 Å². The number of benzene rings is 3. The minimum absolute atomic E-state index is 0.451. The molecule has 1 aromatic heterocycles. The fourth-order valence-corrected chi connectivity index (χ4v) is 3.46. The van der Waals surface area contributed by atoms with Crippen LogP contribution in [0.2, 0.25) is 10.0 Å². The number of halogens is 2. The third kappa shape index (κ3) is 2.66. The van der Waals surface area contributed by atoms with Gasteiger partial charge < -0.3 is 10.7 Å². The number of fused-ring (bicyclic) bond motifs is 3. The van der Waals surface area contributed by atoms with Crippen LogP contribution in [0, 0.1) is 6.92 Å². The van der Waals surface area contributed by atoms with Gasteiger partial charge in [-0.05, 0) is 53.9 Å². The molecule has 0 bridgehead atoms. The van der Waals surface area contributed by atoms with Gasteiger partial charge in [-0.2, -0.15) is 0 Å². The predicted molar refractivity (Wildman–Crippen MR) is 105 cm³/mol. The van der Waals surface area contributed by atoms with E-state index in [0.717, 1.165) is 38.5 Å². The van der Waals surface area contributed by atoms with Crippen LogP contribution in [0.3, 0.4) is 0 Å². The number of hydrogen-bond acceptors (Lipinski definition) is 1. The summed E-state index contributed by atoms with van der Waals surface area (Å²) in [6.07, 6.45) is 0. The largest absolute Gasteiger partial charge is 0.366 e. The van der Waals surface area contributed by atoms with E-state index < -0.39 is 5.91 Å². The Morgan fingerprint density at radius 3 is 2.44 bits per heavy atom. The molecule has 0 aliphatic carbocycles. The Kier molecular flexibility index (Phi) is 3.71. The van der Waals surface area contributed by atoms with E-state index in [-0.39, 0.29) is 0 Å². The maximum Gasteiger partial charge on any atom is 0.250 e. The topological polar surface area (TPSA) is 58.9 Å². The summed E-state index contributed by atoms with van der Waals surface area (Å²) in [5, 5.41) is 2.95. The van der Waals surface area contributed by atoms with Crippen molar-refractivity contribution in [3.63, 3.8) is 0 Å². The molecule has 0 atom stereocenters. The molecule has 25 heavy (non-hydrogen) atoms. The summed E-state index contributed by atoms with van der Waals surface area (Å²) in [7, 11) is 0. The number of aromatic amines is 1. The maximum atomic E-state index is 12.0. The van der Waals surface area contributed by atoms with Crippen LogP contribution < -0.4 is 5.73 Å². The van der Waals surface area contributed by atoms with E-state index in [9.17, 15) is 4.79 Å². The molecule has 1 heterocycles. The number of aromatic nitrogens is 1. The van der Waals surface area contributed by atoms with Gasteiger partial charge in [0.05, 0.1) is 21.1 Å². The molecule has 0 fully saturated rings. The molecule has 4 aromatic rings. The first-order chi connectivity index (χ1) is 11.9. The van der Waals surface area contributed by atoms with E-state index in [4.69, 9.17) is 28.9 Å². The van der Waals surface area contributed by atoms with Gasteiger partial charge in [0.25, 0.3) is 5.91 Å². The van der Waals surface area contributed by atoms with Gasteiger partial charge in [0.15, 0.2) is 0 Å². The van der Waals surface area contributed by atoms with Crippen molar-refractivity contribution in [2.24, 2.45) is 5.73 Å². The summed E-state index contributed by atoms with van der Waals surface area (Å²) in [5.41, 5.74) is 10.7. The fourth-order valence-electron chi connectivity index (χ4n) is 3.16. The zero-order valence-corrected chi connectivity index (χ0v) is 14.9. The average Bonchev–Trinajstić information content (AvgIpc) is 2.93. The second-order valence-corrected chi connectivity index (χ2v) is 6.93. The van der Waals surface area contributed by atoms with Crippen LogP contribution in [0.1, 0.15) is 15.9 Å². The van der Waals surface area contributed by atoms with Crippen molar-refractivity contribution in [2.75, 3.05) is 0 Å². The first kappa shape index (κ1) is 16.0. The van der Waals surface area contributed by atoms with Crippen LogP contribution in [-0.4, -0.2) is 10.9 Å². The Morgan fingerprint density at radius 2 is 1.72 bits per heavy atom. The van der Waals surface area contributed by atoms with E-state index >= 15 is 0 Å². The SMILES string of the molecule is Cc1ccc2c(c1)[nH]c1c(C(N)=O)cc(-c3ccc(Cl)c(Cl)c3)cc12. The highest BCUT2D eigenvalue weighted by molar-refractivity contribution is 6.42. The van der Waals surface area contributed by atoms with Crippen molar-refractivity contribution >= 4 is 50.9 Å². The number of carbonyl (C=O) groups is 1. The number of amides is 1. The number of carbonyl (C=O) groups excluding carboxylic acids is 1. The first-order valence-electron chi connectivity index (χ1n) is 7.75. The molecular formula is C20H14Cl2N2O. The zero-order valence-electron chi connectivity index (χ0n) is 13.4. The lowest BCUT2D eigenvalue weighted by Gasteiger charge is -2.07. The molecule has 0 aliphatic rings. The monoisotopic (exact) mass is 368 g/mol. The lowest BCUT2D eigenvalue weighted by Crippen LogP contribution is -2.11. The van der Waals surface area contributed by atoms with Crippen LogP contribution in [0.15, 0.2) is 48.5 Å². The number of primary amides is 1. The summed E-state index contributed by atoms with van der Waals surface area (Å²) >= 11 is 12.2. The van der Waals surface area contributed by atoms with Gasteiger partial charge >= 0.3 is 0 Å². The van der Waals surface area contributed by atoms with Crippen molar-refractivity contribution < 1.29 is 4.79 Å². The van der Waals surface area contributed by atoms with Crippen LogP contribution in [0.25, 0.3) is 32.9 Å². The summed E-state index contributed by atoms with van der Waals surface area (Å²) in [6.45, 7) is 2.03. The fraction of sp³-hybridized carbons (Fsp3) is 0.0500. The molecule has 0 radical (unpaired) electrons. The summed E-state index contributed by atoms with van der Waals surface area (Å²) in [5.74, 6) is -0.477. The van der Waals surface area contributed by atoms with Gasteiger partial charge in [-0.15, -0.1) is 0 Å². The van der Waals surface area contributed by atoms with Crippen molar-refractivity contribution in [1.82, 2.24) is 4.98 Å². The van der Waals surface area contributed by atoms with Gasteiger partial charge in [-0.3, -0.25) is 4.79 Å². The quantitative estimate of drug-likeness (QED) is 0.468. The van der Waals surface area contributed by atoms with Crippen molar-refractivity contribution in [3.05, 3.63) is 69.7 Å². The van der Waals surface area contributed by atoms with E-state index in [1.54, 1.807) is 18.2 Å². The highest BCUT2D eigenvalue weighted by atomic mass is 35.5. The minimum atomic E-state index is -0.477. The Bertz CT molecular complexity index is 1160. The summed E-state index contributed by atoms with van der Waals surface area (Å²) < 4.78 is 0. The molecule has 0 saturated carbocycles. The van der Waals surface area contributed by atoms with Gasteiger partial charge in [0, 0.05) is 16.3 Å². The number of nitrogens with two attached hydrogens (primary N) is 1. The Hall–Kier alpha value is -2.49. The normalized spacial score (nSPS) is 11.3. The van der Waals surface area contributed by atoms with E-state index in [0.29, 0.717) is 15.6 Å². The van der Waals surface area contributed by atoms with E-state index in [2.05, 4.69) is 11.1 Å². The molecule has 3 N–H and O–H groups in total. The van der Waals surface area contributed by atoms with Gasteiger partial charge in [-0.1, -0.05) is 41.4 Å². The Balaban J connectivity index is 2.07. The van der Waals surface area contributed by atoms with Gasteiger partial charge in [0.2, 0.25) is 0 Å². The number of hydrogen-bond donors (Lipinski definition) is 2. The molecule has 124 valence electrons. The standard InChI is InChI=1S/C20H14Cl2N2O/c1-10-2-4-13-14-7-12(11-3-5-16(21)17(22)9-11)8-15(20(23)25)19(14)24-18(13)6-10/h2-9,24H,1H3,(H2,23,25). The van der Waals surface area contributed by atoms with E-state index in [1.165, 1.54) is 0 Å². The second-order valence-electron chi connectivity index (χ2n) is 6.11. The molecule has 0 spiro atoms. The highest BCUT2D eigenvalue weighted by Gasteiger charge is 2.15. The molecule has 0 saturated heterocycles. The number of aryl methyl sites for hydroxylation is 1. The summed E-state index contributed by atoms with van der Waals surface area (Å²) in [6, 6.07) is 15.4. The first-order valence-corrected chi connectivity index (χ1v) is 8.51. The smallest absolute Gasteiger partial charge is 0.250 e. The maximum absolute atomic E-state index is 12.0. The summed E-state index contributed by atoms with van der Waals surface area (Å²) in [4.78, 5) is 15.3.